The Hall–Kier alpha value is -2.18. The monoisotopic (exact) mass is 207 g/mol. The summed E-state index contributed by atoms with van der Waals surface area (Å²) in [6, 6.07) is 8.17. The minimum absolute atomic E-state index is 0.996. The fraction of sp³-hybridized carbons (Fsp3) is 0.0714. The van der Waals surface area contributed by atoms with Crippen LogP contribution in [-0.4, -0.2) is 9.55 Å². The predicted molar refractivity (Wildman–Crippen MR) is 65.6 cm³/mol. The number of imidazole rings is 1. The highest BCUT2D eigenvalue weighted by Gasteiger charge is 2.14. The molecule has 0 unspecified atom stereocenters. The number of hydrogen-bond donors (Lipinski definition) is 0. The van der Waals surface area contributed by atoms with Crippen LogP contribution in [0.3, 0.4) is 0 Å². The number of para-hydroxylation sites is 2. The summed E-state index contributed by atoms with van der Waals surface area (Å²) in [7, 11) is 2.04. The maximum atomic E-state index is 4.63. The molecule has 0 radical (unpaired) electrons. The molecule has 0 saturated heterocycles. The van der Waals surface area contributed by atoms with Gasteiger partial charge in [0.05, 0.1) is 23.2 Å². The van der Waals surface area contributed by atoms with E-state index >= 15 is 0 Å². The first kappa shape index (κ1) is 9.08. The van der Waals surface area contributed by atoms with Crippen molar-refractivity contribution >= 4 is 16.6 Å². The van der Waals surface area contributed by atoms with Crippen molar-refractivity contribution in [2.75, 3.05) is 0 Å². The molecule has 0 spiro atoms. The Morgan fingerprint density at radius 2 is 2.12 bits per heavy atom. The molecule has 1 heterocycles. The van der Waals surface area contributed by atoms with E-state index in [-0.39, 0.29) is 0 Å². The van der Waals surface area contributed by atoms with Gasteiger partial charge in [-0.3, -0.25) is 0 Å². The maximum Gasteiger partial charge on any atom is 0.168 e. The van der Waals surface area contributed by atoms with Gasteiger partial charge in [-0.1, -0.05) is 12.1 Å². The van der Waals surface area contributed by atoms with Gasteiger partial charge in [0.2, 0.25) is 0 Å². The minimum atomic E-state index is 0.996. The molecule has 0 fully saturated rings. The van der Waals surface area contributed by atoms with Crippen LogP contribution in [0.25, 0.3) is 16.6 Å². The van der Waals surface area contributed by atoms with E-state index in [4.69, 9.17) is 0 Å². The van der Waals surface area contributed by atoms with Gasteiger partial charge < -0.3 is 4.57 Å². The first-order valence-corrected chi connectivity index (χ1v) is 5.24. The van der Waals surface area contributed by atoms with Crippen molar-refractivity contribution in [1.29, 1.82) is 0 Å². The Kier molecular flexibility index (Phi) is 1.95. The molecule has 2 nitrogen and oxygen atoms in total. The van der Waals surface area contributed by atoms with Crippen molar-refractivity contribution in [1.82, 2.24) is 9.55 Å². The van der Waals surface area contributed by atoms with Crippen LogP contribution < -0.4 is 0 Å². The molecule has 2 heteroatoms. The molecule has 0 amide bonds. The van der Waals surface area contributed by atoms with Gasteiger partial charge in [-0.25, -0.2) is 4.98 Å². The molecule has 16 heavy (non-hydrogen) atoms. The predicted octanol–water partition coefficient (Wildman–Crippen LogP) is 2.89. The van der Waals surface area contributed by atoms with Crippen molar-refractivity contribution < 1.29 is 0 Å². The first-order valence-electron chi connectivity index (χ1n) is 5.24. The van der Waals surface area contributed by atoms with Crippen LogP contribution in [0.4, 0.5) is 0 Å². The highest BCUT2D eigenvalue weighted by atomic mass is 15.1. The molecular formula is C14H11N2+. The van der Waals surface area contributed by atoms with E-state index in [1.165, 1.54) is 0 Å². The highest BCUT2D eigenvalue weighted by molar-refractivity contribution is 5.82. The summed E-state index contributed by atoms with van der Waals surface area (Å²) in [5, 5.41) is 0. The van der Waals surface area contributed by atoms with Crippen LogP contribution in [-0.2, 0) is 7.05 Å². The Labute approximate surface area is 94.2 Å². The lowest BCUT2D eigenvalue weighted by molar-refractivity contribution is 0.923. The molecule has 0 bridgehead atoms. The summed E-state index contributed by atoms with van der Waals surface area (Å²) in [6.07, 6.45) is 10.9. The summed E-state index contributed by atoms with van der Waals surface area (Å²) in [6.45, 7) is 0. The standard InChI is InChI=1S/C14H11N2/c1-16-13-10-6-5-9-12(13)15-14(16)11-7-3-2-4-8-11/h3-10H,1H3/q+1. The van der Waals surface area contributed by atoms with E-state index in [1.54, 1.807) is 0 Å². The van der Waals surface area contributed by atoms with Crippen LogP contribution in [0.1, 0.15) is 5.82 Å². The number of allylic oxidation sites excluding steroid dienone is 6. The molecule has 1 aromatic heterocycles. The summed E-state index contributed by atoms with van der Waals surface area (Å²) in [5.41, 5.74) is 3.32. The second-order valence-electron chi connectivity index (χ2n) is 3.77. The van der Waals surface area contributed by atoms with Gasteiger partial charge in [0.15, 0.2) is 5.82 Å². The van der Waals surface area contributed by atoms with E-state index in [9.17, 15) is 0 Å². The second kappa shape index (κ2) is 3.44. The largest absolute Gasteiger partial charge is 0.325 e. The second-order valence-corrected chi connectivity index (χ2v) is 3.77. The fourth-order valence-corrected chi connectivity index (χ4v) is 1.94. The molecule has 76 valence electrons. The lowest BCUT2D eigenvalue weighted by Gasteiger charge is -1.99. The quantitative estimate of drug-likeness (QED) is 0.657. The first-order chi connectivity index (χ1) is 7.86. The smallest absolute Gasteiger partial charge is 0.168 e. The normalized spacial score (nSPS) is 13.9. The average Bonchev–Trinajstić information content (AvgIpc) is 2.69. The highest BCUT2D eigenvalue weighted by Crippen LogP contribution is 2.22. The zero-order valence-corrected chi connectivity index (χ0v) is 9.01. The third kappa shape index (κ3) is 1.28. The number of nitrogens with zero attached hydrogens (tertiary/aromatic N) is 2. The number of benzene rings is 1. The van der Waals surface area contributed by atoms with E-state index in [1.807, 2.05) is 49.6 Å². The zero-order valence-electron chi connectivity index (χ0n) is 9.01. The van der Waals surface area contributed by atoms with Crippen LogP contribution in [0.15, 0.2) is 48.6 Å². The molecule has 1 aliphatic carbocycles. The van der Waals surface area contributed by atoms with Crippen molar-refractivity contribution in [3.05, 3.63) is 60.5 Å². The van der Waals surface area contributed by atoms with E-state index in [0.717, 1.165) is 22.4 Å². The van der Waals surface area contributed by atoms with E-state index in [0.29, 0.717) is 0 Å². The van der Waals surface area contributed by atoms with Crippen LogP contribution in [0, 0.1) is 6.08 Å². The molecule has 0 atom stereocenters. The Balaban J connectivity index is 2.25. The molecule has 1 aromatic carbocycles. The average molecular weight is 207 g/mol. The summed E-state index contributed by atoms with van der Waals surface area (Å²) >= 11 is 0. The third-order valence-electron chi connectivity index (χ3n) is 2.76. The number of aromatic nitrogens is 2. The Bertz CT molecular complexity index is 627. The lowest BCUT2D eigenvalue weighted by atomic mass is 10.1. The molecular weight excluding hydrogens is 196 g/mol. The number of rotatable bonds is 1. The van der Waals surface area contributed by atoms with Gasteiger partial charge in [0, 0.05) is 13.1 Å². The summed E-state index contributed by atoms with van der Waals surface area (Å²) < 4.78 is 2.12. The van der Waals surface area contributed by atoms with Crippen LogP contribution in [0.2, 0.25) is 0 Å². The van der Waals surface area contributed by atoms with Crippen molar-refractivity contribution in [2.45, 2.75) is 0 Å². The molecule has 0 N–H and O–H groups in total. The van der Waals surface area contributed by atoms with Gasteiger partial charge in [-0.2, -0.15) is 0 Å². The maximum absolute atomic E-state index is 4.63. The molecule has 3 rings (SSSR count). The molecule has 0 saturated carbocycles. The SMILES string of the molecule is Cn1c(C2=CC=[C+]C=C2)nc2ccccc21. The topological polar surface area (TPSA) is 17.8 Å². The zero-order chi connectivity index (χ0) is 11.0. The van der Waals surface area contributed by atoms with E-state index < -0.39 is 0 Å². The summed E-state index contributed by atoms with van der Waals surface area (Å²) in [5.74, 6) is 0.996. The van der Waals surface area contributed by atoms with E-state index in [2.05, 4.69) is 21.7 Å². The van der Waals surface area contributed by atoms with Crippen LogP contribution in [0.5, 0.6) is 0 Å². The van der Waals surface area contributed by atoms with Gasteiger partial charge in [-0.15, -0.1) is 0 Å². The lowest BCUT2D eigenvalue weighted by Crippen LogP contribution is -1.96. The fourth-order valence-electron chi connectivity index (χ4n) is 1.94. The molecule has 1 aliphatic rings. The van der Waals surface area contributed by atoms with Gasteiger partial charge in [-0.05, 0) is 12.1 Å². The van der Waals surface area contributed by atoms with Crippen molar-refractivity contribution in [3.8, 4) is 0 Å². The minimum Gasteiger partial charge on any atom is -0.325 e. The van der Waals surface area contributed by atoms with Gasteiger partial charge in [0.1, 0.15) is 17.7 Å². The number of hydrogen-bond acceptors (Lipinski definition) is 1. The van der Waals surface area contributed by atoms with Crippen molar-refractivity contribution in [3.63, 3.8) is 0 Å². The molecule has 2 aromatic rings. The van der Waals surface area contributed by atoms with Gasteiger partial charge in [0.25, 0.3) is 0 Å². The Morgan fingerprint density at radius 3 is 2.88 bits per heavy atom. The van der Waals surface area contributed by atoms with Crippen molar-refractivity contribution in [2.24, 2.45) is 7.05 Å². The summed E-state index contributed by atoms with van der Waals surface area (Å²) in [4.78, 5) is 4.63. The molecule has 0 aliphatic heterocycles. The Morgan fingerprint density at radius 1 is 1.25 bits per heavy atom. The van der Waals surface area contributed by atoms with Crippen LogP contribution >= 0.6 is 0 Å². The van der Waals surface area contributed by atoms with Gasteiger partial charge >= 0.3 is 0 Å². The number of aryl methyl sites for hydroxylation is 1. The third-order valence-corrected chi connectivity index (χ3v) is 2.76. The number of fused-ring (bicyclic) bond motifs is 1.